The molecule has 1 amide bonds. The minimum absolute atomic E-state index is 0.261. The van der Waals surface area contributed by atoms with Crippen LogP contribution in [0.4, 0.5) is 0 Å². The summed E-state index contributed by atoms with van der Waals surface area (Å²) in [5, 5.41) is 6.31. The number of aromatic nitrogens is 1. The molecule has 1 aliphatic heterocycles. The maximum atomic E-state index is 13.3. The van der Waals surface area contributed by atoms with Crippen molar-refractivity contribution in [2.75, 3.05) is 26.2 Å². The van der Waals surface area contributed by atoms with Crippen LogP contribution in [-0.4, -0.2) is 53.1 Å². The van der Waals surface area contributed by atoms with E-state index in [0.717, 1.165) is 61.4 Å². The van der Waals surface area contributed by atoms with Crippen LogP contribution in [0.2, 0.25) is 0 Å². The normalized spacial score (nSPS) is 23.5. The van der Waals surface area contributed by atoms with Crippen LogP contribution in [0.5, 0.6) is 0 Å². The van der Waals surface area contributed by atoms with Gasteiger partial charge in [0.15, 0.2) is 5.76 Å². The zero-order valence-corrected chi connectivity index (χ0v) is 16.5. The van der Waals surface area contributed by atoms with E-state index in [4.69, 9.17) is 4.52 Å². The van der Waals surface area contributed by atoms with Gasteiger partial charge in [0.1, 0.15) is 0 Å². The lowest BCUT2D eigenvalue weighted by molar-refractivity contribution is -0.136. The maximum Gasteiger partial charge on any atom is 0.235 e. The number of carbonyl (C=O) groups excluding carboxylic acids is 1. The highest BCUT2D eigenvalue weighted by molar-refractivity contribution is 7.13. The molecular formula is C21H27N3O2S. The third-order valence-corrected chi connectivity index (χ3v) is 7.50. The minimum Gasteiger partial charge on any atom is -0.355 e. The molecule has 0 atom stereocenters. The summed E-state index contributed by atoms with van der Waals surface area (Å²) in [6.45, 7) is 3.75. The zero-order valence-electron chi connectivity index (χ0n) is 15.7. The fraction of sp³-hybridized carbons (Fsp3) is 0.619. The number of carbonyl (C=O) groups is 1. The molecule has 0 radical (unpaired) electrons. The van der Waals surface area contributed by atoms with E-state index in [1.54, 1.807) is 11.3 Å². The predicted octanol–water partition coefficient (Wildman–Crippen LogP) is 3.91. The Bertz CT molecular complexity index is 782. The molecule has 1 saturated heterocycles. The highest BCUT2D eigenvalue weighted by Gasteiger charge is 2.55. The van der Waals surface area contributed by atoms with Crippen LogP contribution in [0.3, 0.4) is 0 Å². The molecule has 2 aliphatic carbocycles. The molecule has 0 aromatic carbocycles. The van der Waals surface area contributed by atoms with Crippen LogP contribution in [0.15, 0.2) is 28.1 Å². The number of thiophene rings is 1. The Morgan fingerprint density at radius 1 is 1.15 bits per heavy atom. The summed E-state index contributed by atoms with van der Waals surface area (Å²) in [6, 6.07) is 6.76. The fourth-order valence-corrected chi connectivity index (χ4v) is 5.45. The van der Waals surface area contributed by atoms with Gasteiger partial charge in [0.2, 0.25) is 5.91 Å². The van der Waals surface area contributed by atoms with Crippen molar-refractivity contribution in [1.29, 1.82) is 0 Å². The van der Waals surface area contributed by atoms with Gasteiger partial charge < -0.3 is 9.42 Å². The van der Waals surface area contributed by atoms with Crippen LogP contribution < -0.4 is 0 Å². The first kappa shape index (κ1) is 17.4. The second-order valence-corrected chi connectivity index (χ2v) is 9.20. The monoisotopic (exact) mass is 385 g/mol. The zero-order chi connectivity index (χ0) is 18.3. The van der Waals surface area contributed by atoms with Gasteiger partial charge in [-0.05, 0) is 37.1 Å². The SMILES string of the molecule is O=C(N1CCN(C2CCCCC2)CC1)C1(c2cc(-c3cccs3)on2)CC1. The Morgan fingerprint density at radius 3 is 2.59 bits per heavy atom. The maximum absolute atomic E-state index is 13.3. The lowest BCUT2D eigenvalue weighted by atomic mass is 9.93. The Kier molecular flexibility index (Phi) is 4.56. The summed E-state index contributed by atoms with van der Waals surface area (Å²) in [6.07, 6.45) is 8.58. The van der Waals surface area contributed by atoms with E-state index < -0.39 is 5.41 Å². The van der Waals surface area contributed by atoms with Crippen molar-refractivity contribution in [1.82, 2.24) is 15.0 Å². The van der Waals surface area contributed by atoms with Crippen molar-refractivity contribution >= 4 is 17.2 Å². The van der Waals surface area contributed by atoms with Crippen molar-refractivity contribution in [3.05, 3.63) is 29.3 Å². The molecule has 3 heterocycles. The number of nitrogens with zero attached hydrogens (tertiary/aromatic N) is 3. The molecule has 0 N–H and O–H groups in total. The van der Waals surface area contributed by atoms with Crippen LogP contribution >= 0.6 is 11.3 Å². The van der Waals surface area contributed by atoms with Crippen molar-refractivity contribution in [3.63, 3.8) is 0 Å². The van der Waals surface area contributed by atoms with Gasteiger partial charge in [0.25, 0.3) is 0 Å². The van der Waals surface area contributed by atoms with Gasteiger partial charge in [0.05, 0.1) is 16.0 Å². The Morgan fingerprint density at radius 2 is 1.93 bits per heavy atom. The van der Waals surface area contributed by atoms with E-state index >= 15 is 0 Å². The predicted molar refractivity (Wildman–Crippen MR) is 106 cm³/mol. The number of rotatable bonds is 4. The van der Waals surface area contributed by atoms with Gasteiger partial charge in [-0.1, -0.05) is 30.5 Å². The van der Waals surface area contributed by atoms with Crippen LogP contribution in [0, 0.1) is 0 Å². The molecule has 3 aliphatic rings. The minimum atomic E-state index is -0.425. The molecule has 144 valence electrons. The highest BCUT2D eigenvalue weighted by atomic mass is 32.1. The molecule has 2 aromatic heterocycles. The first-order chi connectivity index (χ1) is 13.3. The van der Waals surface area contributed by atoms with Crippen LogP contribution in [0.1, 0.15) is 50.6 Å². The number of piperazine rings is 1. The van der Waals surface area contributed by atoms with E-state index in [2.05, 4.69) is 15.0 Å². The quantitative estimate of drug-likeness (QED) is 0.801. The van der Waals surface area contributed by atoms with Crippen molar-refractivity contribution in [2.24, 2.45) is 0 Å². The topological polar surface area (TPSA) is 49.6 Å². The third-order valence-electron chi connectivity index (χ3n) is 6.62. The van der Waals surface area contributed by atoms with E-state index in [0.29, 0.717) is 0 Å². The number of hydrogen-bond acceptors (Lipinski definition) is 5. The highest BCUT2D eigenvalue weighted by Crippen LogP contribution is 2.50. The smallest absolute Gasteiger partial charge is 0.235 e. The molecule has 0 bridgehead atoms. The van der Waals surface area contributed by atoms with E-state index in [9.17, 15) is 4.79 Å². The van der Waals surface area contributed by atoms with Crippen LogP contribution in [0.25, 0.3) is 10.6 Å². The van der Waals surface area contributed by atoms with Crippen LogP contribution in [-0.2, 0) is 10.2 Å². The largest absolute Gasteiger partial charge is 0.355 e. The Labute approximate surface area is 164 Å². The molecule has 27 heavy (non-hydrogen) atoms. The van der Waals surface area contributed by atoms with Gasteiger partial charge >= 0.3 is 0 Å². The van der Waals surface area contributed by atoms with Gasteiger partial charge in [-0.2, -0.15) is 0 Å². The summed E-state index contributed by atoms with van der Waals surface area (Å²) in [5.41, 5.74) is 0.400. The van der Waals surface area contributed by atoms with E-state index in [-0.39, 0.29) is 5.91 Å². The average molecular weight is 386 g/mol. The standard InChI is InChI=1S/C21H27N3O2S/c25-20(24-12-10-23(11-13-24)16-5-2-1-3-6-16)21(8-9-21)19-15-17(26-22-19)18-7-4-14-27-18/h4,7,14-16H,1-3,5-6,8-13H2. The summed E-state index contributed by atoms with van der Waals surface area (Å²) < 4.78 is 5.55. The second-order valence-electron chi connectivity index (χ2n) is 8.26. The molecule has 6 heteroatoms. The van der Waals surface area contributed by atoms with Crippen molar-refractivity contribution in [3.8, 4) is 10.6 Å². The summed E-state index contributed by atoms with van der Waals surface area (Å²) in [7, 11) is 0. The van der Waals surface area contributed by atoms with Gasteiger partial charge in [-0.15, -0.1) is 11.3 Å². The van der Waals surface area contributed by atoms with E-state index in [1.165, 1.54) is 32.1 Å². The summed E-state index contributed by atoms with van der Waals surface area (Å²) >= 11 is 1.64. The summed E-state index contributed by atoms with van der Waals surface area (Å²) in [4.78, 5) is 19.1. The first-order valence-corrected chi connectivity index (χ1v) is 11.2. The molecule has 0 spiro atoms. The molecular weight excluding hydrogens is 358 g/mol. The molecule has 3 fully saturated rings. The lowest BCUT2D eigenvalue weighted by Crippen LogP contribution is -2.54. The summed E-state index contributed by atoms with van der Waals surface area (Å²) in [5.74, 6) is 1.04. The third kappa shape index (κ3) is 3.23. The molecule has 5 nitrogen and oxygen atoms in total. The Balaban J connectivity index is 1.25. The molecule has 2 aromatic rings. The molecule has 0 unspecified atom stereocenters. The molecule has 5 rings (SSSR count). The Hall–Kier alpha value is -1.66. The number of amides is 1. The van der Waals surface area contributed by atoms with Crippen molar-refractivity contribution < 1.29 is 9.32 Å². The van der Waals surface area contributed by atoms with Gasteiger partial charge in [-0.25, -0.2) is 0 Å². The van der Waals surface area contributed by atoms with Gasteiger partial charge in [-0.3, -0.25) is 9.69 Å². The van der Waals surface area contributed by atoms with Gasteiger partial charge in [0, 0.05) is 38.3 Å². The fourth-order valence-electron chi connectivity index (χ4n) is 4.78. The van der Waals surface area contributed by atoms with E-state index in [1.807, 2.05) is 23.6 Å². The second kappa shape index (κ2) is 7.06. The molecule has 2 saturated carbocycles. The average Bonchev–Trinajstić information content (AvgIpc) is 3.12. The van der Waals surface area contributed by atoms with Crippen molar-refractivity contribution in [2.45, 2.75) is 56.4 Å². The number of hydrogen-bond donors (Lipinski definition) is 0. The lowest BCUT2D eigenvalue weighted by Gasteiger charge is -2.41. The first-order valence-electron chi connectivity index (χ1n) is 10.3.